The van der Waals surface area contributed by atoms with Gasteiger partial charge in [0.25, 0.3) is 0 Å². The van der Waals surface area contributed by atoms with Crippen LogP contribution in [0.5, 0.6) is 0 Å². The highest BCUT2D eigenvalue weighted by Gasteiger charge is 2.64. The fraction of sp³-hybridized carbons (Fsp3) is 0.417. The molecule has 2 fully saturated rings. The average molecular weight is 486 g/mol. The van der Waals surface area contributed by atoms with Crippen LogP contribution >= 0.6 is 0 Å². The lowest BCUT2D eigenvalue weighted by Gasteiger charge is -2.15. The van der Waals surface area contributed by atoms with Crippen molar-refractivity contribution in [2.75, 3.05) is 0 Å². The second-order valence-corrected chi connectivity index (χ2v) is 8.56. The summed E-state index contributed by atoms with van der Waals surface area (Å²) < 4.78 is 87.4. The summed E-state index contributed by atoms with van der Waals surface area (Å²) in [4.78, 5) is 25.0. The predicted octanol–water partition coefficient (Wildman–Crippen LogP) is 5.78. The number of hydrogen-bond acceptors (Lipinski definition) is 4. The van der Waals surface area contributed by atoms with Crippen LogP contribution in [0.1, 0.15) is 35.1 Å². The highest BCUT2D eigenvalue weighted by Crippen LogP contribution is 2.61. The Kier molecular flexibility index (Phi) is 6.35. The lowest BCUT2D eigenvalue weighted by atomic mass is 10.00. The van der Waals surface area contributed by atoms with E-state index in [1.165, 1.54) is 24.3 Å². The third kappa shape index (κ3) is 5.20. The summed E-state index contributed by atoms with van der Waals surface area (Å²) in [6.45, 7) is -0.634. The molecule has 182 valence electrons. The maximum absolute atomic E-state index is 12.8. The SMILES string of the molecule is O=C(OCc1cccc(C(F)(F)F)c1)C1CCC2C(C(=O)OCc3cccc(C(F)(F)F)c3)C12. The molecule has 0 heterocycles. The molecule has 0 N–H and O–H groups in total. The molecule has 2 aromatic carbocycles. The Bertz CT molecular complexity index is 1080. The number of benzene rings is 2. The van der Waals surface area contributed by atoms with E-state index in [0.717, 1.165) is 24.3 Å². The van der Waals surface area contributed by atoms with E-state index >= 15 is 0 Å². The first kappa shape index (κ1) is 24.1. The van der Waals surface area contributed by atoms with E-state index in [1.807, 2.05) is 0 Å². The van der Waals surface area contributed by atoms with E-state index in [0.29, 0.717) is 12.8 Å². The smallest absolute Gasteiger partial charge is 0.416 e. The van der Waals surface area contributed by atoms with Crippen molar-refractivity contribution in [3.8, 4) is 0 Å². The quantitative estimate of drug-likeness (QED) is 0.384. The zero-order chi connectivity index (χ0) is 24.7. The van der Waals surface area contributed by atoms with Gasteiger partial charge in [-0.05, 0) is 60.1 Å². The molecule has 4 nitrogen and oxygen atoms in total. The van der Waals surface area contributed by atoms with Gasteiger partial charge in [-0.3, -0.25) is 9.59 Å². The molecular weight excluding hydrogens is 466 g/mol. The van der Waals surface area contributed by atoms with Crippen LogP contribution in [0.3, 0.4) is 0 Å². The highest BCUT2D eigenvalue weighted by molar-refractivity contribution is 5.81. The first-order valence-electron chi connectivity index (χ1n) is 10.6. The minimum atomic E-state index is -4.51. The Morgan fingerprint density at radius 2 is 1.26 bits per heavy atom. The Morgan fingerprint density at radius 1 is 0.765 bits per heavy atom. The largest absolute Gasteiger partial charge is 0.461 e. The first-order valence-corrected chi connectivity index (χ1v) is 10.6. The minimum Gasteiger partial charge on any atom is -0.461 e. The van der Waals surface area contributed by atoms with Crippen molar-refractivity contribution in [2.24, 2.45) is 23.7 Å². The van der Waals surface area contributed by atoms with Gasteiger partial charge in [-0.1, -0.05) is 24.3 Å². The number of hydrogen-bond donors (Lipinski definition) is 0. The Morgan fingerprint density at radius 3 is 1.76 bits per heavy atom. The molecule has 4 rings (SSSR count). The van der Waals surface area contributed by atoms with Gasteiger partial charge in [-0.25, -0.2) is 0 Å². The molecule has 4 unspecified atom stereocenters. The van der Waals surface area contributed by atoms with Crippen LogP contribution in [0.25, 0.3) is 0 Å². The molecule has 10 heteroatoms. The third-order valence-electron chi connectivity index (χ3n) is 6.35. The molecule has 0 saturated heterocycles. The van der Waals surface area contributed by atoms with Crippen LogP contribution in [0.15, 0.2) is 48.5 Å². The van der Waals surface area contributed by atoms with E-state index in [4.69, 9.17) is 9.47 Å². The van der Waals surface area contributed by atoms with Gasteiger partial charge < -0.3 is 9.47 Å². The van der Waals surface area contributed by atoms with E-state index in [-0.39, 0.29) is 36.2 Å². The van der Waals surface area contributed by atoms with Gasteiger partial charge in [-0.15, -0.1) is 0 Å². The fourth-order valence-corrected chi connectivity index (χ4v) is 4.68. The number of fused-ring (bicyclic) bond motifs is 1. The standard InChI is InChI=1S/C24H20F6O4/c25-23(26,27)15-5-1-3-13(9-15)11-33-21(31)18-8-7-17-19(18)20(17)22(32)34-12-14-4-2-6-16(10-14)24(28,29)30/h1-6,9-10,17-20H,7-8,11-12H2. The van der Waals surface area contributed by atoms with Crippen molar-refractivity contribution >= 4 is 11.9 Å². The van der Waals surface area contributed by atoms with Crippen molar-refractivity contribution in [1.82, 2.24) is 0 Å². The molecule has 2 aliphatic carbocycles. The molecule has 0 aliphatic heterocycles. The molecule has 34 heavy (non-hydrogen) atoms. The van der Waals surface area contributed by atoms with Gasteiger partial charge in [-0.2, -0.15) is 26.3 Å². The van der Waals surface area contributed by atoms with Gasteiger partial charge >= 0.3 is 24.3 Å². The maximum Gasteiger partial charge on any atom is 0.416 e. The molecular formula is C24H20F6O4. The van der Waals surface area contributed by atoms with Crippen molar-refractivity contribution in [2.45, 2.75) is 38.4 Å². The molecule has 0 amide bonds. The van der Waals surface area contributed by atoms with Gasteiger partial charge in [0.1, 0.15) is 13.2 Å². The van der Waals surface area contributed by atoms with Crippen LogP contribution in [-0.4, -0.2) is 11.9 Å². The lowest BCUT2D eigenvalue weighted by molar-refractivity contribution is -0.152. The fourth-order valence-electron chi connectivity index (χ4n) is 4.68. The summed E-state index contributed by atoms with van der Waals surface area (Å²) in [5.41, 5.74) is -1.28. The van der Waals surface area contributed by atoms with Gasteiger partial charge in [0.2, 0.25) is 0 Å². The normalized spacial score (nSPS) is 23.8. The summed E-state index contributed by atoms with van der Waals surface area (Å²) in [7, 11) is 0. The molecule has 0 bridgehead atoms. The molecule has 2 aliphatic rings. The molecule has 2 saturated carbocycles. The Hall–Kier alpha value is -3.04. The number of halogens is 6. The second kappa shape index (κ2) is 8.96. The van der Waals surface area contributed by atoms with Gasteiger partial charge in [0.05, 0.1) is 23.0 Å². The van der Waals surface area contributed by atoms with E-state index in [2.05, 4.69) is 0 Å². The average Bonchev–Trinajstić information content (AvgIpc) is 3.33. The summed E-state index contributed by atoms with van der Waals surface area (Å²) in [6, 6.07) is 8.97. The van der Waals surface area contributed by atoms with Crippen molar-refractivity contribution in [3.05, 3.63) is 70.8 Å². The molecule has 0 aromatic heterocycles. The minimum absolute atomic E-state index is 0.0693. The first-order chi connectivity index (χ1) is 15.9. The van der Waals surface area contributed by atoms with Gasteiger partial charge in [0.15, 0.2) is 0 Å². The molecule has 2 aromatic rings. The summed E-state index contributed by atoms with van der Waals surface area (Å²) in [6.07, 6.45) is -7.92. The number of rotatable bonds is 6. The topological polar surface area (TPSA) is 52.6 Å². The number of ether oxygens (including phenoxy) is 2. The summed E-state index contributed by atoms with van der Waals surface area (Å²) in [5, 5.41) is 0. The van der Waals surface area contributed by atoms with Crippen LogP contribution in [0.4, 0.5) is 26.3 Å². The van der Waals surface area contributed by atoms with Crippen LogP contribution < -0.4 is 0 Å². The van der Waals surface area contributed by atoms with Crippen LogP contribution in [0, 0.1) is 23.7 Å². The van der Waals surface area contributed by atoms with E-state index < -0.39 is 47.3 Å². The van der Waals surface area contributed by atoms with Crippen LogP contribution in [0.2, 0.25) is 0 Å². The number of alkyl halides is 6. The van der Waals surface area contributed by atoms with E-state index in [1.54, 1.807) is 0 Å². The summed E-state index contributed by atoms with van der Waals surface area (Å²) in [5.74, 6) is -2.63. The zero-order valence-corrected chi connectivity index (χ0v) is 17.7. The Labute approximate surface area is 190 Å². The van der Waals surface area contributed by atoms with Crippen molar-refractivity contribution in [1.29, 1.82) is 0 Å². The van der Waals surface area contributed by atoms with Crippen LogP contribution in [-0.2, 0) is 44.6 Å². The number of carbonyl (C=O) groups excluding carboxylic acids is 2. The summed E-state index contributed by atoms with van der Waals surface area (Å²) >= 11 is 0. The number of esters is 2. The van der Waals surface area contributed by atoms with Crippen molar-refractivity contribution < 1.29 is 45.4 Å². The third-order valence-corrected chi connectivity index (χ3v) is 6.35. The second-order valence-electron chi connectivity index (χ2n) is 8.56. The zero-order valence-electron chi connectivity index (χ0n) is 17.7. The maximum atomic E-state index is 12.8. The molecule has 0 spiro atoms. The predicted molar refractivity (Wildman–Crippen MR) is 106 cm³/mol. The van der Waals surface area contributed by atoms with Crippen molar-refractivity contribution in [3.63, 3.8) is 0 Å². The highest BCUT2D eigenvalue weighted by atomic mass is 19.4. The lowest BCUT2D eigenvalue weighted by Crippen LogP contribution is -2.21. The number of carbonyl (C=O) groups is 2. The Balaban J connectivity index is 1.29. The monoisotopic (exact) mass is 486 g/mol. The van der Waals surface area contributed by atoms with E-state index in [9.17, 15) is 35.9 Å². The van der Waals surface area contributed by atoms with Gasteiger partial charge in [0, 0.05) is 0 Å². The molecule has 4 atom stereocenters. The molecule has 0 radical (unpaired) electrons.